The Morgan fingerprint density at radius 3 is 2.33 bits per heavy atom. The van der Waals surface area contributed by atoms with E-state index < -0.39 is 0 Å². The van der Waals surface area contributed by atoms with Crippen molar-refractivity contribution in [1.29, 1.82) is 0 Å². The predicted molar refractivity (Wildman–Crippen MR) is 76.0 cm³/mol. The Kier molecular flexibility index (Phi) is 3.90. The highest BCUT2D eigenvalue weighted by Gasteiger charge is 2.09. The summed E-state index contributed by atoms with van der Waals surface area (Å²) in [6.07, 6.45) is 0. The first-order valence-electron chi connectivity index (χ1n) is 5.82. The Morgan fingerprint density at radius 1 is 1.11 bits per heavy atom. The predicted octanol–water partition coefficient (Wildman–Crippen LogP) is 4.04. The van der Waals surface area contributed by atoms with Crippen molar-refractivity contribution < 1.29 is 4.74 Å². The number of halogens is 1. The maximum Gasteiger partial charge on any atom is 0.145 e. The third-order valence-corrected chi connectivity index (χ3v) is 3.22. The van der Waals surface area contributed by atoms with Crippen molar-refractivity contribution in [2.75, 3.05) is 7.11 Å². The molecule has 0 aliphatic carbocycles. The SMILES string of the molecule is COc1c(Cl)cccc1-c1ccc(C(C)N)cc1. The molecular weight excluding hydrogens is 246 g/mol. The molecule has 2 nitrogen and oxygen atoms in total. The van der Waals surface area contributed by atoms with Crippen LogP contribution >= 0.6 is 11.6 Å². The molecule has 3 heteroatoms. The highest BCUT2D eigenvalue weighted by atomic mass is 35.5. The minimum absolute atomic E-state index is 0.0420. The van der Waals surface area contributed by atoms with Gasteiger partial charge >= 0.3 is 0 Å². The average molecular weight is 262 g/mol. The zero-order chi connectivity index (χ0) is 13.1. The van der Waals surface area contributed by atoms with Crippen LogP contribution in [0.5, 0.6) is 5.75 Å². The van der Waals surface area contributed by atoms with Gasteiger partial charge in [0.2, 0.25) is 0 Å². The minimum Gasteiger partial charge on any atom is -0.495 e. The molecule has 0 fully saturated rings. The van der Waals surface area contributed by atoms with Crippen LogP contribution in [0.2, 0.25) is 5.02 Å². The molecule has 0 radical (unpaired) electrons. The molecule has 0 aromatic heterocycles. The Labute approximate surface area is 112 Å². The lowest BCUT2D eigenvalue weighted by atomic mass is 10.0. The Bertz CT molecular complexity index is 535. The van der Waals surface area contributed by atoms with Crippen molar-refractivity contribution in [3.8, 4) is 16.9 Å². The standard InChI is InChI=1S/C15H16ClNO/c1-10(17)11-6-8-12(9-7-11)13-4-3-5-14(16)15(13)18-2/h3-10H,17H2,1-2H3. The van der Waals surface area contributed by atoms with Crippen LogP contribution in [0.15, 0.2) is 42.5 Å². The van der Waals surface area contributed by atoms with Gasteiger partial charge in [0, 0.05) is 11.6 Å². The summed E-state index contributed by atoms with van der Waals surface area (Å²) in [6.45, 7) is 1.97. The van der Waals surface area contributed by atoms with Crippen LogP contribution in [0.1, 0.15) is 18.5 Å². The van der Waals surface area contributed by atoms with Crippen molar-refractivity contribution in [2.24, 2.45) is 5.73 Å². The summed E-state index contributed by atoms with van der Waals surface area (Å²) < 4.78 is 5.35. The molecule has 2 aromatic rings. The van der Waals surface area contributed by atoms with Crippen LogP contribution in [-0.2, 0) is 0 Å². The Hall–Kier alpha value is -1.51. The van der Waals surface area contributed by atoms with Gasteiger partial charge in [0.05, 0.1) is 12.1 Å². The lowest BCUT2D eigenvalue weighted by Crippen LogP contribution is -2.04. The molecule has 0 aliphatic heterocycles. The summed E-state index contributed by atoms with van der Waals surface area (Å²) in [5.41, 5.74) is 9.00. The zero-order valence-corrected chi connectivity index (χ0v) is 11.2. The Balaban J connectivity index is 2.46. The molecule has 0 amide bonds. The van der Waals surface area contributed by atoms with Crippen LogP contribution in [0.3, 0.4) is 0 Å². The van der Waals surface area contributed by atoms with E-state index in [9.17, 15) is 0 Å². The molecule has 1 unspecified atom stereocenters. The number of benzene rings is 2. The van der Waals surface area contributed by atoms with Crippen molar-refractivity contribution in [3.63, 3.8) is 0 Å². The van der Waals surface area contributed by atoms with Gasteiger partial charge in [-0.2, -0.15) is 0 Å². The van der Waals surface area contributed by atoms with E-state index in [-0.39, 0.29) is 6.04 Å². The minimum atomic E-state index is 0.0420. The lowest BCUT2D eigenvalue weighted by Gasteiger charge is -2.11. The number of nitrogens with two attached hydrogens (primary N) is 1. The number of hydrogen-bond acceptors (Lipinski definition) is 2. The fourth-order valence-electron chi connectivity index (χ4n) is 1.91. The van der Waals surface area contributed by atoms with E-state index in [2.05, 4.69) is 0 Å². The lowest BCUT2D eigenvalue weighted by molar-refractivity contribution is 0.416. The molecule has 2 aromatic carbocycles. The van der Waals surface area contributed by atoms with Crippen molar-refractivity contribution in [1.82, 2.24) is 0 Å². The van der Waals surface area contributed by atoms with Crippen molar-refractivity contribution >= 4 is 11.6 Å². The summed E-state index contributed by atoms with van der Waals surface area (Å²) in [7, 11) is 1.63. The van der Waals surface area contributed by atoms with E-state index in [1.54, 1.807) is 7.11 Å². The van der Waals surface area contributed by atoms with E-state index >= 15 is 0 Å². The van der Waals surface area contributed by atoms with Gasteiger partial charge in [-0.25, -0.2) is 0 Å². The van der Waals surface area contributed by atoms with Crippen LogP contribution in [0, 0.1) is 0 Å². The molecule has 0 saturated carbocycles. The second-order valence-corrected chi connectivity index (χ2v) is 4.64. The smallest absolute Gasteiger partial charge is 0.145 e. The number of para-hydroxylation sites is 1. The Morgan fingerprint density at radius 2 is 1.78 bits per heavy atom. The van der Waals surface area contributed by atoms with E-state index in [1.807, 2.05) is 49.4 Å². The number of methoxy groups -OCH3 is 1. The van der Waals surface area contributed by atoms with Crippen molar-refractivity contribution in [3.05, 3.63) is 53.1 Å². The van der Waals surface area contributed by atoms with Gasteiger partial charge in [0.1, 0.15) is 5.75 Å². The fourth-order valence-corrected chi connectivity index (χ4v) is 2.16. The highest BCUT2D eigenvalue weighted by Crippen LogP contribution is 2.36. The second kappa shape index (κ2) is 5.42. The third kappa shape index (κ3) is 2.50. The molecule has 2 N–H and O–H groups in total. The first-order chi connectivity index (χ1) is 8.63. The van der Waals surface area contributed by atoms with E-state index in [0.29, 0.717) is 10.8 Å². The molecule has 0 heterocycles. The first kappa shape index (κ1) is 12.9. The largest absolute Gasteiger partial charge is 0.495 e. The zero-order valence-electron chi connectivity index (χ0n) is 10.5. The van der Waals surface area contributed by atoms with Crippen LogP contribution in [0.4, 0.5) is 0 Å². The summed E-state index contributed by atoms with van der Waals surface area (Å²) >= 11 is 6.12. The van der Waals surface area contributed by atoms with Gasteiger partial charge in [0.25, 0.3) is 0 Å². The topological polar surface area (TPSA) is 35.2 Å². The quantitative estimate of drug-likeness (QED) is 0.905. The normalized spacial score (nSPS) is 12.2. The molecule has 94 valence electrons. The van der Waals surface area contributed by atoms with Gasteiger partial charge in [0.15, 0.2) is 0 Å². The summed E-state index contributed by atoms with van der Waals surface area (Å²) in [5, 5.41) is 0.617. The number of rotatable bonds is 3. The number of ether oxygens (including phenoxy) is 1. The molecule has 0 saturated heterocycles. The molecular formula is C15H16ClNO. The van der Waals surface area contributed by atoms with E-state index in [4.69, 9.17) is 22.1 Å². The fraction of sp³-hybridized carbons (Fsp3) is 0.200. The molecule has 1 atom stereocenters. The van der Waals surface area contributed by atoms with Crippen LogP contribution < -0.4 is 10.5 Å². The molecule has 0 spiro atoms. The maximum atomic E-state index is 6.12. The number of hydrogen-bond donors (Lipinski definition) is 1. The van der Waals surface area contributed by atoms with Crippen molar-refractivity contribution in [2.45, 2.75) is 13.0 Å². The monoisotopic (exact) mass is 261 g/mol. The molecule has 18 heavy (non-hydrogen) atoms. The van der Waals surface area contributed by atoms with Crippen LogP contribution in [-0.4, -0.2) is 7.11 Å². The summed E-state index contributed by atoms with van der Waals surface area (Å²) in [6, 6.07) is 13.9. The van der Waals surface area contributed by atoms with E-state index in [0.717, 1.165) is 16.7 Å². The van der Waals surface area contributed by atoms with Gasteiger partial charge in [-0.15, -0.1) is 0 Å². The third-order valence-electron chi connectivity index (χ3n) is 2.92. The van der Waals surface area contributed by atoms with Gasteiger partial charge in [-0.3, -0.25) is 0 Å². The van der Waals surface area contributed by atoms with E-state index in [1.165, 1.54) is 0 Å². The van der Waals surface area contributed by atoms with Gasteiger partial charge < -0.3 is 10.5 Å². The average Bonchev–Trinajstić information content (AvgIpc) is 2.38. The molecule has 2 rings (SSSR count). The van der Waals surface area contributed by atoms with Gasteiger partial charge in [-0.05, 0) is 24.1 Å². The first-order valence-corrected chi connectivity index (χ1v) is 6.19. The summed E-state index contributed by atoms with van der Waals surface area (Å²) in [4.78, 5) is 0. The van der Waals surface area contributed by atoms with Crippen LogP contribution in [0.25, 0.3) is 11.1 Å². The second-order valence-electron chi connectivity index (χ2n) is 4.23. The summed E-state index contributed by atoms with van der Waals surface area (Å²) in [5.74, 6) is 0.702. The molecule has 0 aliphatic rings. The highest BCUT2D eigenvalue weighted by molar-refractivity contribution is 6.32. The molecule has 0 bridgehead atoms. The maximum absolute atomic E-state index is 6.12. The van der Waals surface area contributed by atoms with Gasteiger partial charge in [-0.1, -0.05) is 48.0 Å².